The van der Waals surface area contributed by atoms with Crippen molar-refractivity contribution >= 4 is 5.96 Å². The summed E-state index contributed by atoms with van der Waals surface area (Å²) in [5, 5.41) is 10.2. The zero-order chi connectivity index (χ0) is 12.6. The fourth-order valence-electron chi connectivity index (χ4n) is 1.55. The Hall–Kier alpha value is -2.24. The summed E-state index contributed by atoms with van der Waals surface area (Å²) in [5.74, 6) is 0.755. The van der Waals surface area contributed by atoms with E-state index in [1.165, 1.54) is 0 Å². The van der Waals surface area contributed by atoms with Crippen molar-refractivity contribution in [1.29, 1.82) is 0 Å². The summed E-state index contributed by atoms with van der Waals surface area (Å²) in [7, 11) is 1.74. The molecule has 2 heterocycles. The molecule has 2 N–H and O–H groups in total. The smallest absolute Gasteiger partial charge is 0.191 e. The van der Waals surface area contributed by atoms with Crippen LogP contribution in [0.4, 0.5) is 0 Å². The van der Waals surface area contributed by atoms with Gasteiger partial charge in [-0.25, -0.2) is 0 Å². The number of nitrogens with zero attached hydrogens (tertiary/aromatic N) is 3. The Morgan fingerprint density at radius 1 is 1.39 bits per heavy atom. The van der Waals surface area contributed by atoms with E-state index >= 15 is 0 Å². The summed E-state index contributed by atoms with van der Waals surface area (Å²) in [5.41, 5.74) is 0.850. The molecule has 0 atom stereocenters. The number of rotatable bonds is 5. The van der Waals surface area contributed by atoms with Crippen molar-refractivity contribution in [2.24, 2.45) is 4.99 Å². The molecule has 2 rings (SSSR count). The highest BCUT2D eigenvalue weighted by Crippen LogP contribution is 1.92. The van der Waals surface area contributed by atoms with Crippen LogP contribution in [0.2, 0.25) is 0 Å². The second kappa shape index (κ2) is 6.48. The molecule has 0 amide bonds. The van der Waals surface area contributed by atoms with E-state index in [0.29, 0.717) is 6.54 Å². The number of aliphatic imine (C=N–C) groups is 1. The van der Waals surface area contributed by atoms with Gasteiger partial charge in [0.2, 0.25) is 0 Å². The van der Waals surface area contributed by atoms with Gasteiger partial charge in [0.1, 0.15) is 12.0 Å². The average Bonchev–Trinajstić information content (AvgIpc) is 3.06. The second-order valence-electron chi connectivity index (χ2n) is 3.76. The number of hydrogen-bond donors (Lipinski definition) is 2. The summed E-state index contributed by atoms with van der Waals surface area (Å²) in [4.78, 5) is 4.13. The van der Waals surface area contributed by atoms with Gasteiger partial charge in [-0.3, -0.25) is 4.99 Å². The van der Waals surface area contributed by atoms with E-state index in [4.69, 9.17) is 4.52 Å². The van der Waals surface area contributed by atoms with Gasteiger partial charge in [0.15, 0.2) is 5.96 Å². The average molecular weight is 247 g/mol. The Labute approximate surface area is 106 Å². The van der Waals surface area contributed by atoms with Crippen LogP contribution < -0.4 is 10.6 Å². The summed E-state index contributed by atoms with van der Waals surface area (Å²) >= 11 is 0. The molecule has 0 radical (unpaired) electrons. The fraction of sp³-hybridized carbons (Fsp3) is 0.333. The molecule has 0 bridgehead atoms. The summed E-state index contributed by atoms with van der Waals surface area (Å²) in [6.07, 6.45) is 5.62. The second-order valence-corrected chi connectivity index (χ2v) is 3.76. The zero-order valence-electron chi connectivity index (χ0n) is 10.3. The normalized spacial score (nSPS) is 11.5. The molecule has 0 aliphatic rings. The first-order valence-corrected chi connectivity index (χ1v) is 5.83. The van der Waals surface area contributed by atoms with Crippen molar-refractivity contribution in [3.8, 4) is 0 Å². The summed E-state index contributed by atoms with van der Waals surface area (Å²) < 4.78 is 6.87. The lowest BCUT2D eigenvalue weighted by Crippen LogP contribution is -2.38. The molecule has 0 aliphatic heterocycles. The highest BCUT2D eigenvalue weighted by Gasteiger charge is 1.99. The van der Waals surface area contributed by atoms with Gasteiger partial charge in [-0.15, -0.1) is 0 Å². The molecule has 2 aromatic heterocycles. The maximum Gasteiger partial charge on any atom is 0.191 e. The molecule has 0 saturated heterocycles. The van der Waals surface area contributed by atoms with E-state index in [1.807, 2.05) is 30.6 Å². The lowest BCUT2D eigenvalue weighted by atomic mass is 10.4. The number of hydrogen-bond acceptors (Lipinski definition) is 3. The molecule has 0 unspecified atom stereocenters. The first kappa shape index (κ1) is 12.2. The predicted molar refractivity (Wildman–Crippen MR) is 69.1 cm³/mol. The predicted octanol–water partition coefficient (Wildman–Crippen LogP) is 0.841. The van der Waals surface area contributed by atoms with E-state index < -0.39 is 0 Å². The minimum atomic E-state index is 0.597. The van der Waals surface area contributed by atoms with Crippen LogP contribution in [0.1, 0.15) is 5.69 Å². The Morgan fingerprint density at radius 2 is 2.22 bits per heavy atom. The lowest BCUT2D eigenvalue weighted by molar-refractivity contribution is 0.410. The van der Waals surface area contributed by atoms with Crippen molar-refractivity contribution in [2.75, 3.05) is 13.6 Å². The van der Waals surface area contributed by atoms with Gasteiger partial charge in [-0.05, 0) is 12.1 Å². The maximum atomic E-state index is 4.76. The Bertz CT molecular complexity index is 461. The van der Waals surface area contributed by atoms with Crippen LogP contribution in [-0.2, 0) is 13.1 Å². The van der Waals surface area contributed by atoms with Crippen molar-refractivity contribution in [3.05, 3.63) is 42.5 Å². The monoisotopic (exact) mass is 247 g/mol. The van der Waals surface area contributed by atoms with Crippen LogP contribution in [0.3, 0.4) is 0 Å². The number of guanidine groups is 1. The van der Waals surface area contributed by atoms with Crippen molar-refractivity contribution in [3.63, 3.8) is 0 Å². The molecule has 0 saturated carbocycles. The Kier molecular flexibility index (Phi) is 4.40. The van der Waals surface area contributed by atoms with Crippen molar-refractivity contribution in [2.45, 2.75) is 13.1 Å². The van der Waals surface area contributed by atoms with Crippen LogP contribution in [-0.4, -0.2) is 29.3 Å². The first-order valence-electron chi connectivity index (χ1n) is 5.83. The molecular formula is C12H17N5O. The van der Waals surface area contributed by atoms with Crippen LogP contribution in [0.25, 0.3) is 0 Å². The van der Waals surface area contributed by atoms with E-state index in [1.54, 1.807) is 13.3 Å². The minimum absolute atomic E-state index is 0.597. The Balaban J connectivity index is 1.69. The van der Waals surface area contributed by atoms with Crippen LogP contribution in [0.5, 0.6) is 0 Å². The van der Waals surface area contributed by atoms with Gasteiger partial charge < -0.3 is 19.7 Å². The summed E-state index contributed by atoms with van der Waals surface area (Å²) in [6, 6.07) is 5.84. The molecule has 6 nitrogen and oxygen atoms in total. The van der Waals surface area contributed by atoms with Crippen LogP contribution in [0, 0.1) is 0 Å². The highest BCUT2D eigenvalue weighted by molar-refractivity contribution is 5.79. The minimum Gasteiger partial charge on any atom is -0.364 e. The molecule has 0 fully saturated rings. The van der Waals surface area contributed by atoms with Gasteiger partial charge >= 0.3 is 0 Å². The topological polar surface area (TPSA) is 67.4 Å². The third-order valence-electron chi connectivity index (χ3n) is 2.48. The highest BCUT2D eigenvalue weighted by atomic mass is 16.5. The number of aromatic nitrogens is 2. The molecule has 2 aromatic rings. The molecule has 0 spiro atoms. The SMILES string of the molecule is CN=C(NCCn1cccc1)NCc1ccon1. The van der Waals surface area contributed by atoms with Crippen LogP contribution in [0.15, 0.2) is 46.4 Å². The molecular weight excluding hydrogens is 230 g/mol. The van der Waals surface area contributed by atoms with E-state index in [0.717, 1.165) is 24.7 Å². The molecule has 0 aliphatic carbocycles. The Morgan fingerprint density at radius 3 is 2.89 bits per heavy atom. The lowest BCUT2D eigenvalue weighted by Gasteiger charge is -2.11. The number of nitrogens with one attached hydrogen (secondary N) is 2. The van der Waals surface area contributed by atoms with Gasteiger partial charge in [-0.1, -0.05) is 5.16 Å². The third-order valence-corrected chi connectivity index (χ3v) is 2.48. The maximum absolute atomic E-state index is 4.76. The first-order chi connectivity index (χ1) is 8.88. The molecule has 96 valence electrons. The summed E-state index contributed by atoms with van der Waals surface area (Å²) in [6.45, 7) is 2.31. The van der Waals surface area contributed by atoms with Gasteiger partial charge in [0.05, 0.1) is 6.54 Å². The van der Waals surface area contributed by atoms with Crippen LogP contribution >= 0.6 is 0 Å². The molecule has 0 aromatic carbocycles. The van der Waals surface area contributed by atoms with E-state index in [9.17, 15) is 0 Å². The van der Waals surface area contributed by atoms with E-state index in [2.05, 4.69) is 25.3 Å². The van der Waals surface area contributed by atoms with E-state index in [-0.39, 0.29) is 0 Å². The zero-order valence-corrected chi connectivity index (χ0v) is 10.3. The van der Waals surface area contributed by atoms with Gasteiger partial charge in [0.25, 0.3) is 0 Å². The van der Waals surface area contributed by atoms with Crippen molar-refractivity contribution < 1.29 is 4.52 Å². The molecule has 18 heavy (non-hydrogen) atoms. The standard InChI is InChI=1S/C12H17N5O/c1-13-12(15-10-11-4-9-18-16-11)14-5-8-17-6-2-3-7-17/h2-4,6-7,9H,5,8,10H2,1H3,(H2,13,14,15). The van der Waals surface area contributed by atoms with Crippen molar-refractivity contribution in [1.82, 2.24) is 20.4 Å². The quantitative estimate of drug-likeness (QED) is 0.607. The van der Waals surface area contributed by atoms with Gasteiger partial charge in [0, 0.05) is 38.6 Å². The largest absolute Gasteiger partial charge is 0.364 e. The third kappa shape index (κ3) is 3.65. The fourth-order valence-corrected chi connectivity index (χ4v) is 1.55. The molecule has 6 heteroatoms. The van der Waals surface area contributed by atoms with Gasteiger partial charge in [-0.2, -0.15) is 0 Å².